The maximum Gasteiger partial charge on any atom is 0.238 e. The van der Waals surface area contributed by atoms with Gasteiger partial charge in [-0.25, -0.2) is 0 Å². The second-order valence-corrected chi connectivity index (χ2v) is 10.6. The summed E-state index contributed by atoms with van der Waals surface area (Å²) in [6, 6.07) is 7.95. The molecule has 2 aliphatic rings. The van der Waals surface area contributed by atoms with Crippen molar-refractivity contribution >= 4 is 39.1 Å². The Morgan fingerprint density at radius 2 is 1.93 bits per heavy atom. The van der Waals surface area contributed by atoms with Crippen LogP contribution < -0.4 is 5.32 Å². The Kier molecular flexibility index (Phi) is 9.21. The molecule has 0 radical (unpaired) electrons. The normalized spacial score (nSPS) is 20.0. The SMILES string of the molecule is CCc1ccccc1NC(=O)CN1CCN(C(=O)CCCCC2CCSS2)CC1. The van der Waals surface area contributed by atoms with Gasteiger partial charge < -0.3 is 10.2 Å². The first-order chi connectivity index (χ1) is 14.2. The van der Waals surface area contributed by atoms with E-state index in [0.29, 0.717) is 13.0 Å². The van der Waals surface area contributed by atoms with Crippen molar-refractivity contribution in [3.05, 3.63) is 29.8 Å². The quantitative estimate of drug-likeness (QED) is 0.469. The third kappa shape index (κ3) is 7.23. The van der Waals surface area contributed by atoms with Gasteiger partial charge in [-0.3, -0.25) is 14.5 Å². The molecule has 0 saturated carbocycles. The standard InChI is InChI=1S/C22H33N3O2S2/c1-2-18-7-3-5-9-20(18)23-21(26)17-24-12-14-25(15-13-24)22(27)10-6-4-8-19-11-16-28-29-19/h3,5,7,9,19H,2,4,6,8,10-17H2,1H3,(H,23,26). The van der Waals surface area contributed by atoms with E-state index in [0.717, 1.165) is 61.9 Å². The number of nitrogens with one attached hydrogen (secondary N) is 1. The fourth-order valence-electron chi connectivity index (χ4n) is 3.87. The first-order valence-corrected chi connectivity index (χ1v) is 13.2. The number of hydrogen-bond donors (Lipinski definition) is 1. The van der Waals surface area contributed by atoms with Gasteiger partial charge in [-0.05, 0) is 37.3 Å². The Morgan fingerprint density at radius 1 is 1.14 bits per heavy atom. The van der Waals surface area contributed by atoms with Crippen LogP contribution in [-0.2, 0) is 16.0 Å². The maximum atomic E-state index is 12.5. The van der Waals surface area contributed by atoms with Gasteiger partial charge in [-0.15, -0.1) is 0 Å². The van der Waals surface area contributed by atoms with Crippen molar-refractivity contribution in [2.24, 2.45) is 0 Å². The van der Waals surface area contributed by atoms with Crippen LogP contribution >= 0.6 is 21.6 Å². The molecule has 1 aromatic rings. The predicted molar refractivity (Wildman–Crippen MR) is 124 cm³/mol. The molecule has 7 heteroatoms. The van der Waals surface area contributed by atoms with E-state index in [1.54, 1.807) is 0 Å². The number of carbonyl (C=O) groups is 2. The number of anilines is 1. The van der Waals surface area contributed by atoms with E-state index in [-0.39, 0.29) is 11.8 Å². The highest BCUT2D eigenvalue weighted by molar-refractivity contribution is 8.77. The topological polar surface area (TPSA) is 52.7 Å². The molecule has 0 aliphatic carbocycles. The number of aryl methyl sites for hydroxylation is 1. The van der Waals surface area contributed by atoms with Gasteiger partial charge in [0.2, 0.25) is 11.8 Å². The number of para-hydroxylation sites is 1. The van der Waals surface area contributed by atoms with Crippen molar-refractivity contribution in [2.75, 3.05) is 43.8 Å². The molecule has 0 spiro atoms. The molecule has 2 heterocycles. The highest BCUT2D eigenvalue weighted by atomic mass is 33.1. The zero-order valence-electron chi connectivity index (χ0n) is 17.4. The summed E-state index contributed by atoms with van der Waals surface area (Å²) in [6.45, 7) is 5.47. The number of benzene rings is 1. The summed E-state index contributed by atoms with van der Waals surface area (Å²) in [5.74, 6) is 1.58. The van der Waals surface area contributed by atoms with Crippen LogP contribution in [0.2, 0.25) is 0 Å². The van der Waals surface area contributed by atoms with Gasteiger partial charge in [0.1, 0.15) is 0 Å². The molecule has 2 amide bonds. The van der Waals surface area contributed by atoms with Crippen molar-refractivity contribution in [2.45, 2.75) is 50.7 Å². The van der Waals surface area contributed by atoms with Gasteiger partial charge in [0.25, 0.3) is 0 Å². The van der Waals surface area contributed by atoms with Gasteiger partial charge >= 0.3 is 0 Å². The van der Waals surface area contributed by atoms with Gasteiger partial charge in [0, 0.05) is 49.3 Å². The zero-order chi connectivity index (χ0) is 20.5. The lowest BCUT2D eigenvalue weighted by Gasteiger charge is -2.34. The summed E-state index contributed by atoms with van der Waals surface area (Å²) >= 11 is 0. The van der Waals surface area contributed by atoms with Crippen LogP contribution in [-0.4, -0.2) is 65.3 Å². The Labute approximate surface area is 182 Å². The number of hydrogen-bond acceptors (Lipinski definition) is 5. The molecule has 0 aromatic heterocycles. The van der Waals surface area contributed by atoms with Crippen LogP contribution in [0.15, 0.2) is 24.3 Å². The fraction of sp³-hybridized carbons (Fsp3) is 0.636. The Hall–Kier alpha value is -1.18. The molecule has 3 rings (SSSR count). The van der Waals surface area contributed by atoms with E-state index >= 15 is 0 Å². The molecule has 2 fully saturated rings. The minimum atomic E-state index is 0.0219. The van der Waals surface area contributed by atoms with Crippen LogP contribution in [0.5, 0.6) is 0 Å². The number of carbonyl (C=O) groups excluding carboxylic acids is 2. The summed E-state index contributed by atoms with van der Waals surface area (Å²) in [5, 5.41) is 3.84. The molecule has 29 heavy (non-hydrogen) atoms. The first kappa shape index (κ1) is 22.5. The molecule has 1 aromatic carbocycles. The molecular weight excluding hydrogens is 402 g/mol. The molecule has 0 bridgehead atoms. The van der Waals surface area contributed by atoms with Crippen molar-refractivity contribution in [1.29, 1.82) is 0 Å². The largest absolute Gasteiger partial charge is 0.340 e. The van der Waals surface area contributed by atoms with Gasteiger partial charge in [0.15, 0.2) is 0 Å². The highest BCUT2D eigenvalue weighted by Crippen LogP contribution is 2.39. The minimum Gasteiger partial charge on any atom is -0.340 e. The number of rotatable bonds is 9. The van der Waals surface area contributed by atoms with Crippen molar-refractivity contribution in [3.8, 4) is 0 Å². The van der Waals surface area contributed by atoms with Gasteiger partial charge in [-0.1, -0.05) is 53.1 Å². The lowest BCUT2D eigenvalue weighted by molar-refractivity contribution is -0.133. The monoisotopic (exact) mass is 435 g/mol. The zero-order valence-corrected chi connectivity index (χ0v) is 19.0. The second kappa shape index (κ2) is 11.9. The van der Waals surface area contributed by atoms with Crippen LogP contribution in [0, 0.1) is 0 Å². The molecular formula is C22H33N3O2S2. The van der Waals surface area contributed by atoms with Crippen molar-refractivity contribution < 1.29 is 9.59 Å². The Bertz CT molecular complexity index is 672. The second-order valence-electron chi connectivity index (χ2n) is 7.79. The summed E-state index contributed by atoms with van der Waals surface area (Å²) in [4.78, 5) is 29.0. The smallest absolute Gasteiger partial charge is 0.238 e. The summed E-state index contributed by atoms with van der Waals surface area (Å²) in [6.07, 6.45) is 6.29. The molecule has 5 nitrogen and oxygen atoms in total. The molecule has 2 aliphatic heterocycles. The van der Waals surface area contributed by atoms with Crippen molar-refractivity contribution in [1.82, 2.24) is 9.80 Å². The van der Waals surface area contributed by atoms with E-state index in [1.807, 2.05) is 50.8 Å². The number of unbranched alkanes of at least 4 members (excludes halogenated alkanes) is 1. The molecule has 160 valence electrons. The molecule has 2 saturated heterocycles. The Morgan fingerprint density at radius 3 is 2.66 bits per heavy atom. The van der Waals surface area contributed by atoms with E-state index in [1.165, 1.54) is 18.6 Å². The lowest BCUT2D eigenvalue weighted by atomic mass is 10.1. The predicted octanol–water partition coefficient (Wildman–Crippen LogP) is 4.05. The van der Waals surface area contributed by atoms with Crippen LogP contribution in [0.25, 0.3) is 0 Å². The highest BCUT2D eigenvalue weighted by Gasteiger charge is 2.22. The first-order valence-electron chi connectivity index (χ1n) is 10.8. The average molecular weight is 436 g/mol. The number of piperazine rings is 1. The van der Waals surface area contributed by atoms with E-state index in [4.69, 9.17) is 0 Å². The summed E-state index contributed by atoms with van der Waals surface area (Å²) in [5.41, 5.74) is 2.06. The lowest BCUT2D eigenvalue weighted by Crippen LogP contribution is -2.50. The van der Waals surface area contributed by atoms with Gasteiger partial charge in [0.05, 0.1) is 6.54 Å². The van der Waals surface area contributed by atoms with Gasteiger partial charge in [-0.2, -0.15) is 0 Å². The molecule has 1 atom stereocenters. The summed E-state index contributed by atoms with van der Waals surface area (Å²) in [7, 11) is 4.00. The third-order valence-corrected chi connectivity index (χ3v) is 8.67. The van der Waals surface area contributed by atoms with Crippen LogP contribution in [0.4, 0.5) is 5.69 Å². The molecule has 1 unspecified atom stereocenters. The van der Waals surface area contributed by atoms with Crippen molar-refractivity contribution in [3.63, 3.8) is 0 Å². The average Bonchev–Trinajstić information content (AvgIpc) is 3.25. The van der Waals surface area contributed by atoms with Crippen LogP contribution in [0.3, 0.4) is 0 Å². The molecule has 1 N–H and O–H groups in total. The number of nitrogens with zero attached hydrogens (tertiary/aromatic N) is 2. The number of amides is 2. The maximum absolute atomic E-state index is 12.5. The fourth-order valence-corrected chi connectivity index (χ4v) is 6.90. The van der Waals surface area contributed by atoms with Crippen LogP contribution in [0.1, 0.15) is 44.6 Å². The third-order valence-electron chi connectivity index (χ3n) is 5.66. The van der Waals surface area contributed by atoms with E-state index in [2.05, 4.69) is 17.1 Å². The van der Waals surface area contributed by atoms with E-state index in [9.17, 15) is 9.59 Å². The van der Waals surface area contributed by atoms with E-state index < -0.39 is 0 Å². The summed E-state index contributed by atoms with van der Waals surface area (Å²) < 4.78 is 0. The Balaban J connectivity index is 1.32. The minimum absolute atomic E-state index is 0.0219.